The minimum atomic E-state index is -1.17. The zero-order chi connectivity index (χ0) is 20.2. The van der Waals surface area contributed by atoms with E-state index in [1.54, 1.807) is 42.5 Å². The summed E-state index contributed by atoms with van der Waals surface area (Å²) in [6.45, 7) is 0.393. The van der Waals surface area contributed by atoms with Crippen LogP contribution in [0.4, 0.5) is 0 Å². The van der Waals surface area contributed by atoms with Gasteiger partial charge in [-0.2, -0.15) is 0 Å². The number of benzene rings is 2. The summed E-state index contributed by atoms with van der Waals surface area (Å²) in [6.07, 6.45) is 0.187. The molecule has 2 aromatic carbocycles. The molecule has 29 heavy (non-hydrogen) atoms. The summed E-state index contributed by atoms with van der Waals surface area (Å²) in [5.41, 5.74) is 1.30. The Morgan fingerprint density at radius 3 is 2.62 bits per heavy atom. The summed E-state index contributed by atoms with van der Waals surface area (Å²) >= 11 is 5.93. The largest absolute Gasteiger partial charge is 0.457 e. The summed E-state index contributed by atoms with van der Waals surface area (Å²) in [5.74, 6) is 0.0624. The van der Waals surface area contributed by atoms with Crippen LogP contribution in [0.5, 0.6) is 11.5 Å². The zero-order valence-corrected chi connectivity index (χ0v) is 15.8. The first-order valence-electron chi connectivity index (χ1n) is 8.76. The van der Waals surface area contributed by atoms with E-state index in [-0.39, 0.29) is 19.1 Å². The third-order valence-corrected chi connectivity index (χ3v) is 4.51. The van der Waals surface area contributed by atoms with E-state index in [4.69, 9.17) is 30.2 Å². The molecule has 0 unspecified atom stereocenters. The van der Waals surface area contributed by atoms with Gasteiger partial charge in [0.25, 0.3) is 5.91 Å². The van der Waals surface area contributed by atoms with E-state index >= 15 is 0 Å². The van der Waals surface area contributed by atoms with Gasteiger partial charge in [0.2, 0.25) is 18.7 Å². The first-order valence-corrected chi connectivity index (χ1v) is 9.14. The van der Waals surface area contributed by atoms with Gasteiger partial charge in [0.05, 0.1) is 6.26 Å². The molecule has 1 aromatic heterocycles. The Morgan fingerprint density at radius 1 is 1.07 bits per heavy atom. The lowest BCUT2D eigenvalue weighted by Gasteiger charge is -2.18. The van der Waals surface area contributed by atoms with Crippen molar-refractivity contribution in [2.45, 2.75) is 12.6 Å². The first kappa shape index (κ1) is 18.9. The topological polar surface area (TPSA) is 87.0 Å². The molecule has 1 atom stereocenters. The summed E-state index contributed by atoms with van der Waals surface area (Å²) < 4.78 is 21.1. The number of ether oxygens (including phenoxy) is 3. The highest BCUT2D eigenvalue weighted by atomic mass is 35.5. The van der Waals surface area contributed by atoms with Crippen LogP contribution in [-0.2, 0) is 16.1 Å². The van der Waals surface area contributed by atoms with Crippen molar-refractivity contribution in [3.63, 3.8) is 0 Å². The van der Waals surface area contributed by atoms with E-state index < -0.39 is 18.0 Å². The van der Waals surface area contributed by atoms with Gasteiger partial charge in [0, 0.05) is 17.1 Å². The number of hydrogen-bond acceptors (Lipinski definition) is 6. The standard InChI is InChI=1S/C21H16ClNO6/c22-15-6-4-14(5-7-15)19(29-21(25)17-2-1-9-26-17)20(24)23-11-13-3-8-16-18(10-13)28-12-27-16/h1-10,19H,11-12H2,(H,23,24)/t19-/m1/s1. The second-order valence-electron chi connectivity index (χ2n) is 6.22. The van der Waals surface area contributed by atoms with Crippen molar-refractivity contribution < 1.29 is 28.2 Å². The first-order chi connectivity index (χ1) is 14.1. The molecule has 0 saturated heterocycles. The SMILES string of the molecule is O=C(O[C@@H](C(=O)NCc1ccc2c(c1)OCO2)c1ccc(Cl)cc1)c1ccco1. The molecule has 1 aliphatic rings. The molecular weight excluding hydrogens is 398 g/mol. The summed E-state index contributed by atoms with van der Waals surface area (Å²) in [5, 5.41) is 3.28. The van der Waals surface area contributed by atoms with E-state index in [9.17, 15) is 9.59 Å². The molecule has 1 amide bonds. The fourth-order valence-electron chi connectivity index (χ4n) is 2.80. The normalized spacial score (nSPS) is 13.0. The fraction of sp³-hybridized carbons (Fsp3) is 0.143. The molecule has 8 heteroatoms. The van der Waals surface area contributed by atoms with E-state index in [1.165, 1.54) is 12.3 Å². The van der Waals surface area contributed by atoms with E-state index in [1.807, 2.05) is 6.07 Å². The Balaban J connectivity index is 1.49. The van der Waals surface area contributed by atoms with Crippen LogP contribution in [0, 0.1) is 0 Å². The van der Waals surface area contributed by atoms with Crippen molar-refractivity contribution in [1.82, 2.24) is 5.32 Å². The number of halogens is 1. The average molecular weight is 414 g/mol. The van der Waals surface area contributed by atoms with Crippen LogP contribution in [0.1, 0.15) is 27.8 Å². The maximum atomic E-state index is 12.8. The highest BCUT2D eigenvalue weighted by molar-refractivity contribution is 6.30. The number of rotatable bonds is 6. The van der Waals surface area contributed by atoms with Gasteiger partial charge in [-0.25, -0.2) is 4.79 Å². The van der Waals surface area contributed by atoms with Crippen LogP contribution in [0.25, 0.3) is 0 Å². The molecule has 0 spiro atoms. The Bertz CT molecular complexity index is 1020. The minimum Gasteiger partial charge on any atom is -0.457 e. The van der Waals surface area contributed by atoms with Crippen LogP contribution in [0.3, 0.4) is 0 Å². The summed E-state index contributed by atoms with van der Waals surface area (Å²) in [4.78, 5) is 25.1. The maximum absolute atomic E-state index is 12.8. The van der Waals surface area contributed by atoms with Gasteiger partial charge < -0.3 is 23.9 Å². The van der Waals surface area contributed by atoms with Crippen molar-refractivity contribution in [2.75, 3.05) is 6.79 Å². The van der Waals surface area contributed by atoms with Gasteiger partial charge in [-0.1, -0.05) is 29.8 Å². The van der Waals surface area contributed by atoms with E-state index in [0.717, 1.165) is 5.56 Å². The van der Waals surface area contributed by atoms with Gasteiger partial charge in [-0.05, 0) is 42.0 Å². The lowest BCUT2D eigenvalue weighted by Crippen LogP contribution is -2.31. The second kappa shape index (κ2) is 8.28. The Kier molecular flexibility index (Phi) is 5.39. The molecule has 0 saturated carbocycles. The lowest BCUT2D eigenvalue weighted by atomic mass is 10.1. The molecule has 1 aliphatic heterocycles. The quantitative estimate of drug-likeness (QED) is 0.617. The Labute approximate surface area is 171 Å². The van der Waals surface area contributed by atoms with E-state index in [2.05, 4.69) is 5.32 Å². The molecular formula is C21H16ClNO6. The molecule has 3 aromatic rings. The average Bonchev–Trinajstić information content (AvgIpc) is 3.42. The molecule has 0 aliphatic carbocycles. The highest BCUT2D eigenvalue weighted by Crippen LogP contribution is 2.32. The number of carbonyl (C=O) groups is 2. The van der Waals surface area contributed by atoms with Gasteiger partial charge >= 0.3 is 5.97 Å². The van der Waals surface area contributed by atoms with Crippen LogP contribution in [0.15, 0.2) is 65.3 Å². The van der Waals surface area contributed by atoms with Crippen molar-refractivity contribution in [3.05, 3.63) is 82.8 Å². The molecule has 2 heterocycles. The number of furan rings is 1. The zero-order valence-electron chi connectivity index (χ0n) is 15.1. The number of carbonyl (C=O) groups excluding carboxylic acids is 2. The molecule has 0 fully saturated rings. The third-order valence-electron chi connectivity index (χ3n) is 4.26. The van der Waals surface area contributed by atoms with Crippen molar-refractivity contribution in [2.24, 2.45) is 0 Å². The van der Waals surface area contributed by atoms with Gasteiger partial charge in [0.1, 0.15) is 0 Å². The van der Waals surface area contributed by atoms with Gasteiger partial charge in [0.15, 0.2) is 11.5 Å². The van der Waals surface area contributed by atoms with Crippen molar-refractivity contribution in [3.8, 4) is 11.5 Å². The molecule has 148 valence electrons. The number of esters is 1. The molecule has 4 rings (SSSR count). The minimum absolute atomic E-state index is 0.00698. The molecule has 7 nitrogen and oxygen atoms in total. The maximum Gasteiger partial charge on any atom is 0.375 e. The van der Waals surface area contributed by atoms with Crippen LogP contribution >= 0.6 is 11.6 Å². The fourth-order valence-corrected chi connectivity index (χ4v) is 2.93. The van der Waals surface area contributed by atoms with E-state index in [0.29, 0.717) is 22.1 Å². The van der Waals surface area contributed by atoms with Crippen molar-refractivity contribution >= 4 is 23.5 Å². The van der Waals surface area contributed by atoms with Crippen LogP contribution in [-0.4, -0.2) is 18.7 Å². The van der Waals surface area contributed by atoms with Crippen LogP contribution in [0.2, 0.25) is 5.02 Å². The number of fused-ring (bicyclic) bond motifs is 1. The molecule has 1 N–H and O–H groups in total. The number of nitrogens with one attached hydrogen (secondary N) is 1. The number of amides is 1. The summed E-state index contributed by atoms with van der Waals surface area (Å²) in [6, 6.07) is 14.9. The predicted molar refractivity (Wildman–Crippen MR) is 103 cm³/mol. The predicted octanol–water partition coefficient (Wildman–Crippen LogP) is 3.88. The number of hydrogen-bond donors (Lipinski definition) is 1. The molecule has 0 radical (unpaired) electrons. The summed E-state index contributed by atoms with van der Waals surface area (Å²) in [7, 11) is 0. The second-order valence-corrected chi connectivity index (χ2v) is 6.66. The van der Waals surface area contributed by atoms with Crippen LogP contribution < -0.4 is 14.8 Å². The molecule has 0 bridgehead atoms. The van der Waals surface area contributed by atoms with Gasteiger partial charge in [-0.15, -0.1) is 0 Å². The van der Waals surface area contributed by atoms with Gasteiger partial charge in [-0.3, -0.25) is 4.79 Å². The highest BCUT2D eigenvalue weighted by Gasteiger charge is 2.27. The van der Waals surface area contributed by atoms with Crippen molar-refractivity contribution in [1.29, 1.82) is 0 Å². The third kappa shape index (κ3) is 4.35. The Hall–Kier alpha value is -3.45. The smallest absolute Gasteiger partial charge is 0.375 e. The Morgan fingerprint density at radius 2 is 1.86 bits per heavy atom. The monoisotopic (exact) mass is 413 g/mol. The lowest BCUT2D eigenvalue weighted by molar-refractivity contribution is -0.130.